The first-order valence-corrected chi connectivity index (χ1v) is 12.9. The minimum Gasteiger partial charge on any atom is -0.377 e. The second-order valence-electron chi connectivity index (χ2n) is 8.16. The van der Waals surface area contributed by atoms with E-state index in [1.807, 2.05) is 32.0 Å². The SMILES string of the molecule is Cc1cccc(NC(=O)CN(CC2CCCO2)S(=O)(=O)c2ccc(CCCCl)cc2)c1C. The molecule has 0 bridgehead atoms. The van der Waals surface area contributed by atoms with E-state index in [4.69, 9.17) is 16.3 Å². The number of anilines is 1. The Labute approximate surface area is 196 Å². The molecule has 174 valence electrons. The van der Waals surface area contributed by atoms with E-state index in [0.29, 0.717) is 18.2 Å². The van der Waals surface area contributed by atoms with Crippen molar-refractivity contribution in [2.75, 3.05) is 30.9 Å². The molecule has 1 atom stereocenters. The van der Waals surface area contributed by atoms with Gasteiger partial charge in [0.25, 0.3) is 0 Å². The summed E-state index contributed by atoms with van der Waals surface area (Å²) in [6.45, 7) is 4.39. The Morgan fingerprint density at radius 3 is 2.59 bits per heavy atom. The van der Waals surface area contributed by atoms with Gasteiger partial charge < -0.3 is 10.1 Å². The lowest BCUT2D eigenvalue weighted by Gasteiger charge is -2.24. The molecule has 1 N–H and O–H groups in total. The van der Waals surface area contributed by atoms with Crippen molar-refractivity contribution >= 4 is 33.2 Å². The highest BCUT2D eigenvalue weighted by Crippen LogP contribution is 2.22. The number of hydrogen-bond acceptors (Lipinski definition) is 4. The molecule has 1 fully saturated rings. The third-order valence-electron chi connectivity index (χ3n) is 5.79. The number of amides is 1. The number of nitrogens with zero attached hydrogens (tertiary/aromatic N) is 1. The Hall–Kier alpha value is -1.93. The summed E-state index contributed by atoms with van der Waals surface area (Å²) in [5, 5.41) is 2.86. The predicted molar refractivity (Wildman–Crippen MR) is 128 cm³/mol. The zero-order valence-corrected chi connectivity index (χ0v) is 20.2. The number of sulfonamides is 1. The predicted octanol–water partition coefficient (Wildman–Crippen LogP) is 4.28. The molecule has 3 rings (SSSR count). The lowest BCUT2D eigenvalue weighted by Crippen LogP contribution is -2.42. The largest absolute Gasteiger partial charge is 0.377 e. The molecule has 1 heterocycles. The quantitative estimate of drug-likeness (QED) is 0.517. The van der Waals surface area contributed by atoms with Gasteiger partial charge in [-0.2, -0.15) is 4.31 Å². The molecule has 2 aromatic carbocycles. The van der Waals surface area contributed by atoms with Crippen molar-refractivity contribution < 1.29 is 17.9 Å². The normalized spacial score (nSPS) is 16.4. The molecule has 0 saturated carbocycles. The topological polar surface area (TPSA) is 75.7 Å². The van der Waals surface area contributed by atoms with Crippen molar-refractivity contribution in [3.8, 4) is 0 Å². The minimum atomic E-state index is -3.87. The average Bonchev–Trinajstić information content (AvgIpc) is 3.28. The number of carbonyl (C=O) groups excluding carboxylic acids is 1. The van der Waals surface area contributed by atoms with Crippen molar-refractivity contribution in [3.63, 3.8) is 0 Å². The van der Waals surface area contributed by atoms with Gasteiger partial charge in [0.05, 0.1) is 17.5 Å². The first kappa shape index (κ1) is 24.7. The summed E-state index contributed by atoms with van der Waals surface area (Å²) in [6.07, 6.45) is 3.09. The molecule has 2 aromatic rings. The molecule has 0 spiro atoms. The third-order valence-corrected chi connectivity index (χ3v) is 7.88. The number of halogens is 1. The fraction of sp³-hybridized carbons (Fsp3) is 0.458. The molecule has 6 nitrogen and oxygen atoms in total. The van der Waals surface area contributed by atoms with Crippen LogP contribution >= 0.6 is 11.6 Å². The van der Waals surface area contributed by atoms with Gasteiger partial charge >= 0.3 is 0 Å². The highest BCUT2D eigenvalue weighted by atomic mass is 35.5. The average molecular weight is 479 g/mol. The monoisotopic (exact) mass is 478 g/mol. The van der Waals surface area contributed by atoms with Crippen molar-refractivity contribution in [1.29, 1.82) is 0 Å². The number of ether oxygens (including phenoxy) is 1. The fourth-order valence-electron chi connectivity index (χ4n) is 3.75. The summed E-state index contributed by atoms with van der Waals surface area (Å²) in [5.41, 5.74) is 3.74. The number of nitrogens with one attached hydrogen (secondary N) is 1. The van der Waals surface area contributed by atoms with Crippen molar-refractivity contribution in [2.24, 2.45) is 0 Å². The van der Waals surface area contributed by atoms with E-state index in [-0.39, 0.29) is 30.0 Å². The van der Waals surface area contributed by atoms with Crippen LogP contribution in [-0.4, -0.2) is 50.3 Å². The maximum absolute atomic E-state index is 13.4. The lowest BCUT2D eigenvalue weighted by molar-refractivity contribution is -0.116. The summed E-state index contributed by atoms with van der Waals surface area (Å²) in [7, 11) is -3.87. The van der Waals surface area contributed by atoms with E-state index in [2.05, 4.69) is 5.32 Å². The summed E-state index contributed by atoms with van der Waals surface area (Å²) >= 11 is 5.75. The van der Waals surface area contributed by atoms with Crippen molar-refractivity contribution in [2.45, 2.75) is 50.5 Å². The molecule has 1 aliphatic rings. The van der Waals surface area contributed by atoms with Crippen LogP contribution in [0.15, 0.2) is 47.4 Å². The first-order chi connectivity index (χ1) is 15.3. The molecule has 32 heavy (non-hydrogen) atoms. The van der Waals surface area contributed by atoms with Gasteiger partial charge in [0, 0.05) is 24.7 Å². The Bertz CT molecular complexity index is 1020. The lowest BCUT2D eigenvalue weighted by atomic mass is 10.1. The van der Waals surface area contributed by atoms with Crippen LogP contribution in [0, 0.1) is 13.8 Å². The number of benzene rings is 2. The van der Waals surface area contributed by atoms with E-state index in [1.165, 1.54) is 4.31 Å². The second kappa shape index (κ2) is 11.3. The molecule has 0 radical (unpaired) electrons. The van der Waals surface area contributed by atoms with Crippen LogP contribution in [0.25, 0.3) is 0 Å². The van der Waals surface area contributed by atoms with Crippen LogP contribution in [0.3, 0.4) is 0 Å². The molecule has 0 aliphatic carbocycles. The molecule has 1 saturated heterocycles. The molecule has 8 heteroatoms. The Morgan fingerprint density at radius 1 is 1.19 bits per heavy atom. The highest BCUT2D eigenvalue weighted by molar-refractivity contribution is 7.89. The van der Waals surface area contributed by atoms with Gasteiger partial charge in [0.1, 0.15) is 0 Å². The first-order valence-electron chi connectivity index (χ1n) is 10.9. The van der Waals surface area contributed by atoms with E-state index in [9.17, 15) is 13.2 Å². The Balaban J connectivity index is 1.79. The number of carbonyl (C=O) groups is 1. The molecule has 1 aliphatic heterocycles. The van der Waals surface area contributed by atoms with E-state index in [0.717, 1.165) is 42.4 Å². The standard InChI is InChI=1S/C24H31ClN2O4S/c1-18-6-3-9-23(19(18)2)26-24(28)17-27(16-21-8-5-15-31-21)32(29,30)22-12-10-20(11-13-22)7-4-14-25/h3,6,9-13,21H,4-5,7-8,14-17H2,1-2H3,(H,26,28). The summed E-state index contributed by atoms with van der Waals surface area (Å²) in [5.74, 6) is 0.184. The van der Waals surface area contributed by atoms with Gasteiger partial charge in [-0.25, -0.2) is 8.42 Å². The summed E-state index contributed by atoms with van der Waals surface area (Å²) in [4.78, 5) is 13.0. The Morgan fingerprint density at radius 2 is 1.94 bits per heavy atom. The van der Waals surface area contributed by atoms with E-state index < -0.39 is 10.0 Å². The van der Waals surface area contributed by atoms with E-state index in [1.54, 1.807) is 24.3 Å². The van der Waals surface area contributed by atoms with Gasteiger partial charge in [-0.3, -0.25) is 4.79 Å². The zero-order valence-electron chi connectivity index (χ0n) is 18.6. The van der Waals surface area contributed by atoms with Gasteiger partial charge in [-0.15, -0.1) is 11.6 Å². The smallest absolute Gasteiger partial charge is 0.243 e. The van der Waals surface area contributed by atoms with Crippen LogP contribution in [0.2, 0.25) is 0 Å². The van der Waals surface area contributed by atoms with Crippen LogP contribution in [0.4, 0.5) is 5.69 Å². The maximum atomic E-state index is 13.4. The van der Waals surface area contributed by atoms with Crippen LogP contribution in [0.1, 0.15) is 36.0 Å². The second-order valence-corrected chi connectivity index (χ2v) is 10.5. The van der Waals surface area contributed by atoms with E-state index >= 15 is 0 Å². The number of alkyl halides is 1. The third kappa shape index (κ3) is 6.32. The number of aryl methyl sites for hydroxylation is 2. The van der Waals surface area contributed by atoms with Crippen molar-refractivity contribution in [1.82, 2.24) is 4.31 Å². The fourth-order valence-corrected chi connectivity index (χ4v) is 5.31. The van der Waals surface area contributed by atoms with Gasteiger partial charge in [0.15, 0.2) is 0 Å². The molecule has 1 amide bonds. The molecular weight excluding hydrogens is 448 g/mol. The molecule has 0 aromatic heterocycles. The molecule has 1 unspecified atom stereocenters. The van der Waals surface area contributed by atoms with Crippen LogP contribution in [-0.2, 0) is 26.0 Å². The van der Waals surface area contributed by atoms with Gasteiger partial charge in [-0.05, 0) is 74.4 Å². The Kier molecular flexibility index (Phi) is 8.71. The number of rotatable bonds is 10. The summed E-state index contributed by atoms with van der Waals surface area (Å²) in [6, 6.07) is 12.5. The van der Waals surface area contributed by atoms with Crippen LogP contribution in [0.5, 0.6) is 0 Å². The minimum absolute atomic E-state index is 0.149. The maximum Gasteiger partial charge on any atom is 0.243 e. The van der Waals surface area contributed by atoms with Crippen molar-refractivity contribution in [3.05, 3.63) is 59.2 Å². The zero-order chi connectivity index (χ0) is 23.1. The van der Waals surface area contributed by atoms with Gasteiger partial charge in [0.2, 0.25) is 15.9 Å². The van der Waals surface area contributed by atoms with Crippen LogP contribution < -0.4 is 5.32 Å². The number of hydrogen-bond donors (Lipinski definition) is 1. The molecular formula is C24H31ClN2O4S. The highest BCUT2D eigenvalue weighted by Gasteiger charge is 2.31. The summed E-state index contributed by atoms with van der Waals surface area (Å²) < 4.78 is 33.7. The van der Waals surface area contributed by atoms with Gasteiger partial charge in [-0.1, -0.05) is 24.3 Å².